The lowest BCUT2D eigenvalue weighted by atomic mass is 10.1. The van der Waals surface area contributed by atoms with Gasteiger partial charge in [0.2, 0.25) is 0 Å². The average Bonchev–Trinajstić information content (AvgIpc) is 2.86. The van der Waals surface area contributed by atoms with Gasteiger partial charge in [-0.25, -0.2) is 4.39 Å². The van der Waals surface area contributed by atoms with Crippen LogP contribution in [0.5, 0.6) is 5.75 Å². The van der Waals surface area contributed by atoms with Crippen LogP contribution in [0.3, 0.4) is 0 Å². The molecule has 0 fully saturated rings. The van der Waals surface area contributed by atoms with Crippen molar-refractivity contribution in [3.63, 3.8) is 0 Å². The minimum Gasteiger partial charge on any atom is -0.494 e. The topological polar surface area (TPSA) is 49.9 Å². The monoisotopic (exact) mass is 342 g/mol. The molecule has 0 aromatic heterocycles. The number of hydrogen-bond acceptors (Lipinski definition) is 4. The highest BCUT2D eigenvalue weighted by atomic mass is 19.1. The highest BCUT2D eigenvalue weighted by Gasteiger charge is 2.35. The van der Waals surface area contributed by atoms with Crippen molar-refractivity contribution in [1.82, 2.24) is 9.80 Å². The van der Waals surface area contributed by atoms with Crippen LogP contribution in [0.2, 0.25) is 0 Å². The molecule has 0 spiro atoms. The van der Waals surface area contributed by atoms with Crippen molar-refractivity contribution in [2.45, 2.75) is 13.5 Å². The standard InChI is InChI=1S/C19H19FN2O3/c1-3-21(11-13-8-9-17(25-2)16(20)10-13)12-22-18(23)14-6-4-5-7-15(14)19(22)24/h4-10H,3,11-12H2,1-2H3. The zero-order chi connectivity index (χ0) is 18.0. The number of ether oxygens (including phenoxy) is 1. The summed E-state index contributed by atoms with van der Waals surface area (Å²) < 4.78 is 18.8. The Morgan fingerprint density at radius 2 is 1.72 bits per heavy atom. The molecule has 0 saturated heterocycles. The molecule has 130 valence electrons. The molecule has 1 aliphatic heterocycles. The van der Waals surface area contributed by atoms with Gasteiger partial charge in [0.05, 0.1) is 24.9 Å². The predicted molar refractivity (Wildman–Crippen MR) is 90.8 cm³/mol. The molecule has 2 amide bonds. The largest absolute Gasteiger partial charge is 0.494 e. The Morgan fingerprint density at radius 1 is 1.08 bits per heavy atom. The van der Waals surface area contributed by atoms with E-state index in [1.165, 1.54) is 18.1 Å². The number of methoxy groups -OCH3 is 1. The summed E-state index contributed by atoms with van der Waals surface area (Å²) in [4.78, 5) is 28.0. The summed E-state index contributed by atoms with van der Waals surface area (Å²) in [6.45, 7) is 3.13. The Balaban J connectivity index is 1.74. The van der Waals surface area contributed by atoms with Crippen LogP contribution in [0, 0.1) is 5.82 Å². The van der Waals surface area contributed by atoms with E-state index in [1.807, 2.05) is 11.8 Å². The lowest BCUT2D eigenvalue weighted by Gasteiger charge is -2.25. The van der Waals surface area contributed by atoms with Gasteiger partial charge in [0, 0.05) is 6.54 Å². The van der Waals surface area contributed by atoms with Gasteiger partial charge in [-0.1, -0.05) is 25.1 Å². The number of benzene rings is 2. The molecule has 0 radical (unpaired) electrons. The van der Waals surface area contributed by atoms with E-state index in [1.54, 1.807) is 36.4 Å². The molecule has 2 aromatic rings. The van der Waals surface area contributed by atoms with E-state index in [4.69, 9.17) is 4.74 Å². The minimum absolute atomic E-state index is 0.163. The Kier molecular flexibility index (Phi) is 4.81. The van der Waals surface area contributed by atoms with Gasteiger partial charge < -0.3 is 4.74 Å². The fourth-order valence-corrected chi connectivity index (χ4v) is 2.90. The summed E-state index contributed by atoms with van der Waals surface area (Å²) in [5.41, 5.74) is 1.61. The van der Waals surface area contributed by atoms with Gasteiger partial charge >= 0.3 is 0 Å². The SMILES string of the molecule is CCN(Cc1ccc(OC)c(F)c1)CN1C(=O)c2ccccc2C1=O. The number of hydrogen-bond donors (Lipinski definition) is 0. The first kappa shape index (κ1) is 17.1. The second kappa shape index (κ2) is 7.03. The van der Waals surface area contributed by atoms with E-state index in [0.29, 0.717) is 24.2 Å². The van der Waals surface area contributed by atoms with Crippen molar-refractivity contribution in [2.24, 2.45) is 0 Å². The van der Waals surface area contributed by atoms with Crippen LogP contribution in [-0.4, -0.2) is 41.9 Å². The number of carbonyl (C=O) groups excluding carboxylic acids is 2. The third kappa shape index (κ3) is 3.25. The molecular weight excluding hydrogens is 323 g/mol. The number of carbonyl (C=O) groups is 2. The van der Waals surface area contributed by atoms with Crippen molar-refractivity contribution in [1.29, 1.82) is 0 Å². The summed E-state index contributed by atoms with van der Waals surface area (Å²) in [5.74, 6) is -0.830. The van der Waals surface area contributed by atoms with Crippen LogP contribution in [0.15, 0.2) is 42.5 Å². The summed E-state index contributed by atoms with van der Waals surface area (Å²) in [5, 5.41) is 0. The van der Waals surface area contributed by atoms with E-state index < -0.39 is 5.82 Å². The molecule has 3 rings (SSSR count). The Labute approximate surface area is 145 Å². The third-order valence-corrected chi connectivity index (χ3v) is 4.29. The molecule has 1 heterocycles. The lowest BCUT2D eigenvalue weighted by Crippen LogP contribution is -2.40. The van der Waals surface area contributed by atoms with E-state index in [-0.39, 0.29) is 24.2 Å². The first-order valence-corrected chi connectivity index (χ1v) is 8.05. The zero-order valence-corrected chi connectivity index (χ0v) is 14.2. The van der Waals surface area contributed by atoms with Gasteiger partial charge in [0.25, 0.3) is 11.8 Å². The van der Waals surface area contributed by atoms with Gasteiger partial charge in [-0.05, 0) is 36.4 Å². The third-order valence-electron chi connectivity index (χ3n) is 4.29. The second-order valence-electron chi connectivity index (χ2n) is 5.84. The molecular formula is C19H19FN2O3. The average molecular weight is 342 g/mol. The molecule has 5 nitrogen and oxygen atoms in total. The lowest BCUT2D eigenvalue weighted by molar-refractivity contribution is 0.0538. The maximum Gasteiger partial charge on any atom is 0.262 e. The number of fused-ring (bicyclic) bond motifs is 1. The molecule has 0 unspecified atom stereocenters. The van der Waals surface area contributed by atoms with Crippen LogP contribution >= 0.6 is 0 Å². The number of nitrogens with zero attached hydrogens (tertiary/aromatic N) is 2. The van der Waals surface area contributed by atoms with E-state index in [9.17, 15) is 14.0 Å². The highest BCUT2D eigenvalue weighted by Crippen LogP contribution is 2.23. The van der Waals surface area contributed by atoms with Crippen molar-refractivity contribution in [2.75, 3.05) is 20.3 Å². The summed E-state index contributed by atoms with van der Waals surface area (Å²) in [6, 6.07) is 11.5. The summed E-state index contributed by atoms with van der Waals surface area (Å²) >= 11 is 0. The maximum atomic E-state index is 13.9. The number of amides is 2. The molecule has 2 aromatic carbocycles. The van der Waals surface area contributed by atoms with E-state index in [0.717, 1.165) is 5.56 Å². The molecule has 0 N–H and O–H groups in total. The van der Waals surface area contributed by atoms with Crippen LogP contribution in [0.1, 0.15) is 33.2 Å². The minimum atomic E-state index is -0.434. The Morgan fingerprint density at radius 3 is 2.24 bits per heavy atom. The van der Waals surface area contributed by atoms with E-state index in [2.05, 4.69) is 0 Å². The molecule has 6 heteroatoms. The molecule has 0 saturated carbocycles. The van der Waals surface area contributed by atoms with Gasteiger partial charge in [0.1, 0.15) is 0 Å². The molecule has 0 atom stereocenters. The van der Waals surface area contributed by atoms with Gasteiger partial charge in [0.15, 0.2) is 11.6 Å². The van der Waals surface area contributed by atoms with Gasteiger partial charge in [-0.15, -0.1) is 0 Å². The number of halogens is 1. The fraction of sp³-hybridized carbons (Fsp3) is 0.263. The van der Waals surface area contributed by atoms with Crippen molar-refractivity contribution in [3.05, 3.63) is 65.0 Å². The normalized spacial score (nSPS) is 13.5. The molecule has 0 bridgehead atoms. The fourth-order valence-electron chi connectivity index (χ4n) is 2.90. The van der Waals surface area contributed by atoms with Crippen LogP contribution in [0.25, 0.3) is 0 Å². The Hall–Kier alpha value is -2.73. The van der Waals surface area contributed by atoms with Crippen LogP contribution < -0.4 is 4.74 Å². The Bertz CT molecular complexity index is 787. The van der Waals surface area contributed by atoms with Crippen molar-refractivity contribution >= 4 is 11.8 Å². The summed E-state index contributed by atoms with van der Waals surface area (Å²) in [7, 11) is 1.42. The van der Waals surface area contributed by atoms with Crippen LogP contribution in [0.4, 0.5) is 4.39 Å². The van der Waals surface area contributed by atoms with Crippen molar-refractivity contribution < 1.29 is 18.7 Å². The van der Waals surface area contributed by atoms with E-state index >= 15 is 0 Å². The molecule has 1 aliphatic rings. The second-order valence-corrected chi connectivity index (χ2v) is 5.84. The van der Waals surface area contributed by atoms with Crippen LogP contribution in [-0.2, 0) is 6.54 Å². The number of rotatable bonds is 6. The summed E-state index contributed by atoms with van der Waals surface area (Å²) in [6.07, 6.45) is 0. The van der Waals surface area contributed by atoms with Gasteiger partial charge in [-0.2, -0.15) is 0 Å². The maximum absolute atomic E-state index is 13.9. The first-order chi connectivity index (χ1) is 12.0. The highest BCUT2D eigenvalue weighted by molar-refractivity contribution is 6.21. The predicted octanol–water partition coefficient (Wildman–Crippen LogP) is 2.91. The smallest absolute Gasteiger partial charge is 0.262 e. The molecule has 25 heavy (non-hydrogen) atoms. The number of imide groups is 1. The van der Waals surface area contributed by atoms with Crippen molar-refractivity contribution in [3.8, 4) is 5.75 Å². The first-order valence-electron chi connectivity index (χ1n) is 8.05. The van der Waals surface area contributed by atoms with Gasteiger partial charge in [-0.3, -0.25) is 19.4 Å². The quantitative estimate of drug-likeness (QED) is 0.758. The molecule has 0 aliphatic carbocycles. The zero-order valence-electron chi connectivity index (χ0n) is 14.2.